The standard InChI is InChI=1S/C12H18ClF3S/c1-12(2,3)10-7-6-9(8-11(10)13)17(4,5,14,15)16/h6-8H,1-5H3. The highest BCUT2D eigenvalue weighted by molar-refractivity contribution is 8.52. The molecule has 0 N–H and O–H groups in total. The van der Waals surface area contributed by atoms with Gasteiger partial charge in [-0.15, -0.1) is 11.7 Å². The van der Waals surface area contributed by atoms with Gasteiger partial charge in [-0.1, -0.05) is 38.4 Å². The summed E-state index contributed by atoms with van der Waals surface area (Å²) in [4.78, 5) is -0.622. The number of benzene rings is 1. The molecule has 1 rings (SSSR count). The van der Waals surface area contributed by atoms with Crippen LogP contribution in [0.4, 0.5) is 11.7 Å². The molecule has 0 atom stereocenters. The molecule has 0 bridgehead atoms. The van der Waals surface area contributed by atoms with Gasteiger partial charge in [-0.05, 0) is 23.1 Å². The predicted molar refractivity (Wildman–Crippen MR) is 71.2 cm³/mol. The molecule has 0 fully saturated rings. The zero-order valence-electron chi connectivity index (χ0n) is 10.7. The molecular formula is C12H18ClF3S. The van der Waals surface area contributed by atoms with Gasteiger partial charge in [0.25, 0.3) is 0 Å². The van der Waals surface area contributed by atoms with Crippen LogP contribution in [0.3, 0.4) is 0 Å². The van der Waals surface area contributed by atoms with Gasteiger partial charge in [-0.25, -0.2) is 0 Å². The summed E-state index contributed by atoms with van der Waals surface area (Å²) in [5, 5.41) is 0.177. The first-order valence-corrected chi connectivity index (χ1v) is 8.51. The highest BCUT2D eigenvalue weighted by Crippen LogP contribution is 2.94. The average Bonchev–Trinajstić information content (AvgIpc) is 1.96. The van der Waals surface area contributed by atoms with Gasteiger partial charge in [0.15, 0.2) is 0 Å². The Morgan fingerprint density at radius 1 is 1.06 bits per heavy atom. The molecule has 1 aromatic rings. The maximum atomic E-state index is 13.8. The lowest BCUT2D eigenvalue weighted by molar-refractivity contribution is 0.561. The zero-order chi connectivity index (χ0) is 13.8. The van der Waals surface area contributed by atoms with Crippen LogP contribution in [-0.4, -0.2) is 12.5 Å². The van der Waals surface area contributed by atoms with Crippen LogP contribution in [0.1, 0.15) is 26.3 Å². The Morgan fingerprint density at radius 3 is 1.82 bits per heavy atom. The maximum Gasteiger partial charge on any atom is 0.0701 e. The number of hydrogen-bond donors (Lipinski definition) is 0. The van der Waals surface area contributed by atoms with Crippen molar-refractivity contribution in [2.45, 2.75) is 31.1 Å². The van der Waals surface area contributed by atoms with Crippen LogP contribution in [0.2, 0.25) is 5.02 Å². The van der Waals surface area contributed by atoms with Gasteiger partial charge < -0.3 is 0 Å². The Bertz CT molecular complexity index is 454. The second-order valence-corrected chi connectivity index (χ2v) is 11.2. The molecule has 100 valence electrons. The van der Waals surface area contributed by atoms with Crippen molar-refractivity contribution in [1.29, 1.82) is 0 Å². The summed E-state index contributed by atoms with van der Waals surface area (Å²) >= 11 is 5.96. The van der Waals surface area contributed by atoms with Crippen molar-refractivity contribution in [3.63, 3.8) is 0 Å². The molecule has 0 nitrogen and oxygen atoms in total. The Labute approximate surface area is 105 Å². The molecule has 5 heteroatoms. The lowest BCUT2D eigenvalue weighted by Crippen LogP contribution is -2.17. The van der Waals surface area contributed by atoms with Gasteiger partial charge in [0, 0.05) is 17.5 Å². The van der Waals surface area contributed by atoms with Gasteiger partial charge in [-0.3, -0.25) is 0 Å². The third-order valence-corrected chi connectivity index (χ3v) is 4.53. The van der Waals surface area contributed by atoms with Crippen molar-refractivity contribution in [2.24, 2.45) is 0 Å². The van der Waals surface area contributed by atoms with Crippen LogP contribution in [0, 0.1) is 0 Å². The number of rotatable bonds is 1. The van der Waals surface area contributed by atoms with E-state index < -0.39 is 14.3 Å². The van der Waals surface area contributed by atoms with E-state index in [-0.39, 0.29) is 10.4 Å². The fraction of sp³-hybridized carbons (Fsp3) is 0.500. The van der Waals surface area contributed by atoms with Gasteiger partial charge in [0.05, 0.1) is 14.3 Å². The third-order valence-electron chi connectivity index (χ3n) is 2.49. The van der Waals surface area contributed by atoms with Crippen molar-refractivity contribution < 1.29 is 11.7 Å². The molecule has 0 aliphatic heterocycles. The smallest absolute Gasteiger partial charge is 0.0701 e. The van der Waals surface area contributed by atoms with Crippen molar-refractivity contribution in [3.05, 3.63) is 28.8 Å². The van der Waals surface area contributed by atoms with E-state index in [1.165, 1.54) is 6.07 Å². The fourth-order valence-corrected chi connectivity index (χ4v) is 3.01. The summed E-state index contributed by atoms with van der Waals surface area (Å²) in [6, 6.07) is 3.65. The molecule has 0 unspecified atom stereocenters. The van der Waals surface area contributed by atoms with E-state index >= 15 is 0 Å². The van der Waals surface area contributed by atoms with Crippen LogP contribution in [0.25, 0.3) is 0 Å². The monoisotopic (exact) mass is 286 g/mol. The quantitative estimate of drug-likeness (QED) is 0.613. The van der Waals surface area contributed by atoms with Crippen LogP contribution in [0.15, 0.2) is 23.1 Å². The second kappa shape index (κ2) is 3.15. The van der Waals surface area contributed by atoms with E-state index in [2.05, 4.69) is 0 Å². The molecule has 0 aliphatic carbocycles. The second-order valence-electron chi connectivity index (χ2n) is 6.04. The molecular weight excluding hydrogens is 269 g/mol. The zero-order valence-corrected chi connectivity index (χ0v) is 12.2. The van der Waals surface area contributed by atoms with Crippen molar-refractivity contribution in [2.75, 3.05) is 12.5 Å². The molecule has 0 saturated heterocycles. The Kier molecular flexibility index (Phi) is 2.73. The van der Waals surface area contributed by atoms with Crippen LogP contribution < -0.4 is 0 Å². The van der Waals surface area contributed by atoms with E-state index in [0.29, 0.717) is 12.5 Å². The Morgan fingerprint density at radius 2 is 1.53 bits per heavy atom. The molecule has 17 heavy (non-hydrogen) atoms. The average molecular weight is 287 g/mol. The summed E-state index contributed by atoms with van der Waals surface area (Å²) in [5.41, 5.74) is 0.465. The van der Waals surface area contributed by atoms with Crippen molar-refractivity contribution >= 4 is 21.1 Å². The van der Waals surface area contributed by atoms with E-state index in [4.69, 9.17) is 11.6 Å². The minimum Gasteiger partial charge on any atom is -0.149 e. The lowest BCUT2D eigenvalue weighted by atomic mass is 9.87. The van der Waals surface area contributed by atoms with Gasteiger partial charge in [0.2, 0.25) is 0 Å². The van der Waals surface area contributed by atoms with Crippen molar-refractivity contribution in [3.8, 4) is 0 Å². The summed E-state index contributed by atoms with van der Waals surface area (Å²) < 4.78 is 41.5. The van der Waals surface area contributed by atoms with Crippen molar-refractivity contribution in [1.82, 2.24) is 0 Å². The first-order chi connectivity index (χ1) is 7.11. The van der Waals surface area contributed by atoms with Crippen LogP contribution >= 0.6 is 21.1 Å². The van der Waals surface area contributed by atoms with E-state index in [9.17, 15) is 11.7 Å². The Balaban J connectivity index is 3.45. The molecule has 1 aromatic carbocycles. The molecule has 0 aliphatic rings. The highest BCUT2D eigenvalue weighted by Gasteiger charge is 2.53. The number of halogens is 4. The summed E-state index contributed by atoms with van der Waals surface area (Å²) in [5.74, 6) is 0. The Hall–Kier alpha value is -0.350. The predicted octanol–water partition coefficient (Wildman–Crippen LogP) is 5.79. The summed E-state index contributed by atoms with van der Waals surface area (Å²) in [6.45, 7) is 5.75. The summed E-state index contributed by atoms with van der Waals surface area (Å²) in [7, 11) is -6.64. The van der Waals surface area contributed by atoms with E-state index in [1.54, 1.807) is 0 Å². The van der Waals surface area contributed by atoms with E-state index in [0.717, 1.165) is 17.7 Å². The summed E-state index contributed by atoms with van der Waals surface area (Å²) in [6.07, 6.45) is 0.727. The normalized spacial score (nSPS) is 17.5. The number of hydrogen-bond acceptors (Lipinski definition) is 0. The van der Waals surface area contributed by atoms with Crippen LogP contribution in [-0.2, 0) is 5.41 Å². The molecule has 0 amide bonds. The molecule has 0 heterocycles. The maximum absolute atomic E-state index is 13.8. The molecule has 0 aromatic heterocycles. The fourth-order valence-electron chi connectivity index (χ4n) is 1.50. The minimum absolute atomic E-state index is 0.177. The molecule has 0 saturated carbocycles. The third kappa shape index (κ3) is 3.55. The molecule has 0 radical (unpaired) electrons. The largest absolute Gasteiger partial charge is 0.149 e. The first-order valence-electron chi connectivity index (χ1n) is 5.16. The first kappa shape index (κ1) is 14.7. The van der Waals surface area contributed by atoms with Crippen LogP contribution in [0.5, 0.6) is 0 Å². The SMILES string of the molecule is CC(C)(C)c1ccc(S(C)(C)(F)(F)F)cc1Cl. The highest BCUT2D eigenvalue weighted by atomic mass is 35.5. The molecule has 0 spiro atoms. The van der Waals surface area contributed by atoms with Gasteiger partial charge >= 0.3 is 0 Å². The minimum atomic E-state index is -6.64. The lowest BCUT2D eigenvalue weighted by Gasteiger charge is -2.51. The van der Waals surface area contributed by atoms with Gasteiger partial charge in [-0.2, -0.15) is 0 Å². The van der Waals surface area contributed by atoms with E-state index in [1.807, 2.05) is 20.8 Å². The van der Waals surface area contributed by atoms with Gasteiger partial charge in [0.1, 0.15) is 0 Å². The topological polar surface area (TPSA) is 0 Å².